The summed E-state index contributed by atoms with van der Waals surface area (Å²) < 4.78 is 18.9. The molecule has 2 nitrogen and oxygen atoms in total. The van der Waals surface area contributed by atoms with E-state index in [0.29, 0.717) is 18.0 Å². The Morgan fingerprint density at radius 3 is 2.63 bits per heavy atom. The third kappa shape index (κ3) is 3.49. The average Bonchev–Trinajstić information content (AvgIpc) is 2.45. The highest BCUT2D eigenvalue weighted by atomic mass is 19.1. The molecule has 0 saturated carbocycles. The van der Waals surface area contributed by atoms with Crippen molar-refractivity contribution in [3.63, 3.8) is 0 Å². The van der Waals surface area contributed by atoms with Crippen LogP contribution in [0.15, 0.2) is 48.5 Å². The van der Waals surface area contributed by atoms with Crippen molar-refractivity contribution >= 4 is 5.69 Å². The molecule has 0 unspecified atom stereocenters. The topological polar surface area (TPSA) is 21.3 Å². The van der Waals surface area contributed by atoms with E-state index >= 15 is 0 Å². The lowest BCUT2D eigenvalue weighted by molar-refractivity contribution is 0.366. The van der Waals surface area contributed by atoms with Crippen LogP contribution in [-0.2, 0) is 6.54 Å². The van der Waals surface area contributed by atoms with Crippen molar-refractivity contribution in [3.05, 3.63) is 59.9 Å². The molecular weight excluding hydrogens is 241 g/mol. The summed E-state index contributed by atoms with van der Waals surface area (Å²) in [6.45, 7) is 0.693. The van der Waals surface area contributed by atoms with E-state index in [1.165, 1.54) is 6.07 Å². The second-order valence-electron chi connectivity index (χ2n) is 3.93. The molecule has 0 aromatic heterocycles. The first-order valence-corrected chi connectivity index (χ1v) is 5.94. The van der Waals surface area contributed by atoms with Gasteiger partial charge in [-0.3, -0.25) is 0 Å². The molecular formula is C16H14FNO. The van der Waals surface area contributed by atoms with E-state index in [4.69, 9.17) is 11.2 Å². The van der Waals surface area contributed by atoms with Gasteiger partial charge in [-0.25, -0.2) is 4.39 Å². The van der Waals surface area contributed by atoms with E-state index in [9.17, 15) is 4.39 Å². The summed E-state index contributed by atoms with van der Waals surface area (Å²) in [6, 6.07) is 14.1. The maximum absolute atomic E-state index is 13.5. The summed E-state index contributed by atoms with van der Waals surface area (Å²) in [4.78, 5) is 0. The van der Waals surface area contributed by atoms with Crippen molar-refractivity contribution in [2.24, 2.45) is 0 Å². The lowest BCUT2D eigenvalue weighted by Crippen LogP contribution is -2.04. The smallest absolute Gasteiger partial charge is 0.148 e. The molecule has 0 heterocycles. The van der Waals surface area contributed by atoms with Crippen LogP contribution in [0.2, 0.25) is 0 Å². The molecule has 96 valence electrons. The first-order valence-electron chi connectivity index (χ1n) is 5.94. The summed E-state index contributed by atoms with van der Waals surface area (Å²) in [6.07, 6.45) is 5.17. The molecule has 0 amide bonds. The second kappa shape index (κ2) is 6.46. The van der Waals surface area contributed by atoms with Crippen LogP contribution in [0.4, 0.5) is 10.1 Å². The Labute approximate surface area is 112 Å². The number of ether oxygens (including phenoxy) is 1. The van der Waals surface area contributed by atoms with E-state index in [0.717, 1.165) is 5.56 Å². The zero-order valence-electron chi connectivity index (χ0n) is 10.4. The third-order valence-electron chi connectivity index (χ3n) is 2.63. The summed E-state index contributed by atoms with van der Waals surface area (Å²) in [5.41, 5.74) is 1.40. The van der Waals surface area contributed by atoms with Gasteiger partial charge in [0, 0.05) is 12.1 Å². The Bertz CT molecular complexity index is 589. The predicted molar refractivity (Wildman–Crippen MR) is 74.5 cm³/mol. The van der Waals surface area contributed by atoms with Gasteiger partial charge >= 0.3 is 0 Å². The number of hydrogen-bond acceptors (Lipinski definition) is 2. The highest BCUT2D eigenvalue weighted by Gasteiger charge is 2.04. The SMILES string of the molecule is C#CCOc1ccccc1CNc1ccccc1F. The van der Waals surface area contributed by atoms with Crippen LogP contribution in [0, 0.1) is 18.2 Å². The quantitative estimate of drug-likeness (QED) is 0.826. The summed E-state index contributed by atoms with van der Waals surface area (Å²) >= 11 is 0. The number of terminal acetylenes is 1. The standard InChI is InChI=1S/C16H14FNO/c1-2-11-19-16-10-6-3-7-13(16)12-18-15-9-5-4-8-14(15)17/h1,3-10,18H,11-12H2. The van der Waals surface area contributed by atoms with Crippen LogP contribution in [0.5, 0.6) is 5.75 Å². The Kier molecular flexibility index (Phi) is 4.41. The molecule has 0 bridgehead atoms. The number of nitrogens with one attached hydrogen (secondary N) is 1. The molecule has 0 spiro atoms. The lowest BCUT2D eigenvalue weighted by Gasteiger charge is -2.11. The molecule has 0 atom stereocenters. The molecule has 0 aliphatic rings. The minimum absolute atomic E-state index is 0.219. The molecule has 2 aromatic rings. The van der Waals surface area contributed by atoms with Gasteiger partial charge in [0.25, 0.3) is 0 Å². The van der Waals surface area contributed by atoms with E-state index in [1.807, 2.05) is 24.3 Å². The molecule has 3 heteroatoms. The van der Waals surface area contributed by atoms with Crippen LogP contribution < -0.4 is 10.1 Å². The van der Waals surface area contributed by atoms with Gasteiger partial charge in [-0.05, 0) is 18.2 Å². The van der Waals surface area contributed by atoms with Gasteiger partial charge in [-0.2, -0.15) is 0 Å². The average molecular weight is 255 g/mol. The van der Waals surface area contributed by atoms with Gasteiger partial charge in [0.2, 0.25) is 0 Å². The van der Waals surface area contributed by atoms with Crippen molar-refractivity contribution in [1.29, 1.82) is 0 Å². The van der Waals surface area contributed by atoms with Gasteiger partial charge in [0.1, 0.15) is 18.2 Å². The van der Waals surface area contributed by atoms with Crippen molar-refractivity contribution in [1.82, 2.24) is 0 Å². The Morgan fingerprint density at radius 2 is 1.84 bits per heavy atom. The molecule has 2 aromatic carbocycles. The fourth-order valence-corrected chi connectivity index (χ4v) is 1.71. The molecule has 0 radical (unpaired) electrons. The molecule has 2 rings (SSSR count). The first kappa shape index (κ1) is 13.0. The van der Waals surface area contributed by atoms with Crippen LogP contribution in [0.1, 0.15) is 5.56 Å². The van der Waals surface area contributed by atoms with Crippen LogP contribution in [0.3, 0.4) is 0 Å². The van der Waals surface area contributed by atoms with Crippen molar-refractivity contribution in [3.8, 4) is 18.1 Å². The normalized spacial score (nSPS) is 9.68. The number of anilines is 1. The van der Waals surface area contributed by atoms with Crippen molar-refractivity contribution in [2.75, 3.05) is 11.9 Å². The molecule has 0 fully saturated rings. The summed E-state index contributed by atoms with van der Waals surface area (Å²) in [5.74, 6) is 2.86. The zero-order chi connectivity index (χ0) is 13.5. The predicted octanol–water partition coefficient (Wildman–Crippen LogP) is 3.45. The zero-order valence-corrected chi connectivity index (χ0v) is 10.4. The highest BCUT2D eigenvalue weighted by Crippen LogP contribution is 2.20. The number of benzene rings is 2. The van der Waals surface area contributed by atoms with E-state index < -0.39 is 0 Å². The number of hydrogen-bond donors (Lipinski definition) is 1. The fourth-order valence-electron chi connectivity index (χ4n) is 1.71. The maximum Gasteiger partial charge on any atom is 0.148 e. The van der Waals surface area contributed by atoms with Crippen LogP contribution in [0.25, 0.3) is 0 Å². The molecule has 0 aliphatic heterocycles. The number of rotatable bonds is 5. The van der Waals surface area contributed by atoms with Crippen LogP contribution in [-0.4, -0.2) is 6.61 Å². The number of halogens is 1. The molecule has 19 heavy (non-hydrogen) atoms. The molecule has 0 aliphatic carbocycles. The van der Waals surface area contributed by atoms with Crippen LogP contribution >= 0.6 is 0 Å². The van der Waals surface area contributed by atoms with E-state index in [-0.39, 0.29) is 12.4 Å². The van der Waals surface area contributed by atoms with E-state index in [2.05, 4.69) is 11.2 Å². The largest absolute Gasteiger partial charge is 0.481 e. The minimum atomic E-state index is -0.274. The van der Waals surface area contributed by atoms with E-state index in [1.54, 1.807) is 18.2 Å². The monoisotopic (exact) mass is 255 g/mol. The van der Waals surface area contributed by atoms with Gasteiger partial charge in [0.15, 0.2) is 0 Å². The Morgan fingerprint density at radius 1 is 1.11 bits per heavy atom. The summed E-state index contributed by atoms with van der Waals surface area (Å²) in [7, 11) is 0. The first-order chi connectivity index (χ1) is 9.31. The molecule has 0 saturated heterocycles. The highest BCUT2D eigenvalue weighted by molar-refractivity contribution is 5.46. The maximum atomic E-state index is 13.5. The number of para-hydroxylation sites is 2. The second-order valence-corrected chi connectivity index (χ2v) is 3.93. The Hall–Kier alpha value is -2.47. The lowest BCUT2D eigenvalue weighted by atomic mass is 10.2. The van der Waals surface area contributed by atoms with Gasteiger partial charge in [-0.1, -0.05) is 36.3 Å². The van der Waals surface area contributed by atoms with Gasteiger partial charge in [-0.15, -0.1) is 6.42 Å². The minimum Gasteiger partial charge on any atom is -0.481 e. The van der Waals surface area contributed by atoms with Gasteiger partial charge in [0.05, 0.1) is 5.69 Å². The fraction of sp³-hybridized carbons (Fsp3) is 0.125. The Balaban J connectivity index is 2.07. The third-order valence-corrected chi connectivity index (χ3v) is 2.63. The summed E-state index contributed by atoms with van der Waals surface area (Å²) in [5, 5.41) is 3.04. The van der Waals surface area contributed by atoms with Crippen molar-refractivity contribution in [2.45, 2.75) is 6.54 Å². The molecule has 1 N–H and O–H groups in total. The van der Waals surface area contributed by atoms with Crippen molar-refractivity contribution < 1.29 is 9.13 Å². The van der Waals surface area contributed by atoms with Gasteiger partial charge < -0.3 is 10.1 Å².